The molecule has 0 spiro atoms. The molecule has 1 aromatic rings. The molecule has 84 valence electrons. The summed E-state index contributed by atoms with van der Waals surface area (Å²) >= 11 is 0. The van der Waals surface area contributed by atoms with E-state index in [-0.39, 0.29) is 11.7 Å². The van der Waals surface area contributed by atoms with Gasteiger partial charge in [-0.15, -0.1) is 5.10 Å². The lowest BCUT2D eigenvalue weighted by Crippen LogP contribution is -2.28. The average Bonchev–Trinajstić information content (AvgIpc) is 2.64. The Morgan fingerprint density at radius 3 is 2.73 bits per heavy atom. The van der Waals surface area contributed by atoms with E-state index in [1.54, 1.807) is 18.9 Å². The summed E-state index contributed by atoms with van der Waals surface area (Å²) in [4.78, 5) is 17.4. The molecule has 0 aromatic carbocycles. The van der Waals surface area contributed by atoms with Crippen molar-refractivity contribution in [2.45, 2.75) is 33.1 Å². The van der Waals surface area contributed by atoms with Gasteiger partial charge in [-0.2, -0.15) is 0 Å². The number of nitrogens with zero attached hydrogens (tertiary/aromatic N) is 3. The van der Waals surface area contributed by atoms with Gasteiger partial charge < -0.3 is 4.90 Å². The lowest BCUT2D eigenvalue weighted by atomic mass is 10.2. The Bertz CT molecular complexity index is 321. The van der Waals surface area contributed by atoms with Crippen molar-refractivity contribution in [3.05, 3.63) is 11.6 Å². The topological polar surface area (TPSA) is 61.9 Å². The molecule has 0 atom stereocenters. The third-order valence-electron chi connectivity index (χ3n) is 2.23. The Morgan fingerprint density at radius 1 is 1.47 bits per heavy atom. The second-order valence-electron chi connectivity index (χ2n) is 3.68. The molecule has 0 bridgehead atoms. The highest BCUT2D eigenvalue weighted by atomic mass is 16.2. The van der Waals surface area contributed by atoms with Gasteiger partial charge in [0.2, 0.25) is 5.82 Å². The first-order valence-electron chi connectivity index (χ1n) is 5.29. The molecule has 0 saturated carbocycles. The highest BCUT2D eigenvalue weighted by molar-refractivity contribution is 5.90. The fourth-order valence-corrected chi connectivity index (χ4v) is 1.31. The van der Waals surface area contributed by atoms with Gasteiger partial charge in [-0.1, -0.05) is 19.8 Å². The molecule has 0 fully saturated rings. The van der Waals surface area contributed by atoms with Crippen molar-refractivity contribution >= 4 is 5.91 Å². The number of hydrogen-bond acceptors (Lipinski definition) is 3. The number of nitrogens with one attached hydrogen (secondary N) is 1. The average molecular weight is 210 g/mol. The molecule has 1 aromatic heterocycles. The van der Waals surface area contributed by atoms with Crippen LogP contribution in [0.3, 0.4) is 0 Å². The second-order valence-corrected chi connectivity index (χ2v) is 3.68. The molecule has 5 nitrogen and oxygen atoms in total. The largest absolute Gasteiger partial charge is 0.339 e. The number of unbranched alkanes of at least 4 members (excludes halogenated alkanes) is 2. The zero-order valence-corrected chi connectivity index (χ0v) is 9.58. The summed E-state index contributed by atoms with van der Waals surface area (Å²) in [5.74, 6) is 0.808. The van der Waals surface area contributed by atoms with Crippen molar-refractivity contribution in [2.75, 3.05) is 13.6 Å². The zero-order chi connectivity index (χ0) is 11.3. The van der Waals surface area contributed by atoms with Crippen LogP contribution < -0.4 is 0 Å². The first kappa shape index (κ1) is 11.7. The smallest absolute Gasteiger partial charge is 0.293 e. The third kappa shape index (κ3) is 3.34. The number of hydrogen-bond donors (Lipinski definition) is 1. The van der Waals surface area contributed by atoms with E-state index in [9.17, 15) is 4.79 Å². The Labute approximate surface area is 89.9 Å². The summed E-state index contributed by atoms with van der Waals surface area (Å²) in [5.41, 5.74) is 0. The minimum atomic E-state index is -0.115. The van der Waals surface area contributed by atoms with Crippen LogP contribution in [0.25, 0.3) is 0 Å². The molecule has 1 rings (SSSR count). The maximum absolute atomic E-state index is 11.7. The molecule has 0 aliphatic carbocycles. The van der Waals surface area contributed by atoms with Crippen LogP contribution in [0.1, 0.15) is 42.6 Å². The fraction of sp³-hybridized carbons (Fsp3) is 0.700. The normalized spacial score (nSPS) is 10.3. The number of aromatic amines is 1. The van der Waals surface area contributed by atoms with Gasteiger partial charge in [0.25, 0.3) is 5.91 Å². The summed E-state index contributed by atoms with van der Waals surface area (Å²) < 4.78 is 0. The molecule has 0 aliphatic heterocycles. The predicted molar refractivity (Wildman–Crippen MR) is 57.6 cm³/mol. The Morgan fingerprint density at radius 2 is 2.20 bits per heavy atom. The molecule has 1 heterocycles. The van der Waals surface area contributed by atoms with Crippen LogP contribution in [-0.2, 0) is 0 Å². The third-order valence-corrected chi connectivity index (χ3v) is 2.23. The molecular formula is C10H18N4O. The summed E-state index contributed by atoms with van der Waals surface area (Å²) in [6.45, 7) is 4.68. The van der Waals surface area contributed by atoms with Crippen LogP contribution >= 0.6 is 0 Å². The lowest BCUT2D eigenvalue weighted by Gasteiger charge is -2.14. The van der Waals surface area contributed by atoms with Gasteiger partial charge >= 0.3 is 0 Å². The number of carbonyl (C=O) groups is 1. The number of aromatic nitrogens is 3. The first-order chi connectivity index (χ1) is 7.15. The molecule has 1 amide bonds. The second kappa shape index (κ2) is 5.48. The molecule has 0 unspecified atom stereocenters. The number of H-pyrrole nitrogens is 1. The van der Waals surface area contributed by atoms with E-state index in [4.69, 9.17) is 0 Å². The molecule has 5 heteroatoms. The predicted octanol–water partition coefficient (Wildman–Crippen LogP) is 1.38. The van der Waals surface area contributed by atoms with Gasteiger partial charge in [-0.25, -0.2) is 4.98 Å². The molecule has 0 saturated heterocycles. The molecule has 15 heavy (non-hydrogen) atoms. The Hall–Kier alpha value is -1.39. The Balaban J connectivity index is 2.46. The van der Waals surface area contributed by atoms with Crippen molar-refractivity contribution in [1.82, 2.24) is 20.1 Å². The molecule has 1 N–H and O–H groups in total. The van der Waals surface area contributed by atoms with E-state index in [1.165, 1.54) is 0 Å². The minimum Gasteiger partial charge on any atom is -0.339 e. The van der Waals surface area contributed by atoms with Crippen LogP contribution in [0.5, 0.6) is 0 Å². The van der Waals surface area contributed by atoms with E-state index >= 15 is 0 Å². The SMILES string of the molecule is CCCCCN(C)C(=O)c1n[nH]c(C)n1. The summed E-state index contributed by atoms with van der Waals surface area (Å²) in [5, 5.41) is 6.50. The fourth-order valence-electron chi connectivity index (χ4n) is 1.31. The maximum atomic E-state index is 11.7. The van der Waals surface area contributed by atoms with E-state index in [0.717, 1.165) is 25.8 Å². The van der Waals surface area contributed by atoms with E-state index in [2.05, 4.69) is 22.1 Å². The quantitative estimate of drug-likeness (QED) is 0.747. The number of rotatable bonds is 5. The minimum absolute atomic E-state index is 0.115. The van der Waals surface area contributed by atoms with E-state index < -0.39 is 0 Å². The Kier molecular flexibility index (Phi) is 4.27. The molecular weight excluding hydrogens is 192 g/mol. The van der Waals surface area contributed by atoms with Crippen LogP contribution in [0.2, 0.25) is 0 Å². The lowest BCUT2D eigenvalue weighted by molar-refractivity contribution is 0.0781. The van der Waals surface area contributed by atoms with Crippen LogP contribution in [0.15, 0.2) is 0 Å². The van der Waals surface area contributed by atoms with Crippen LogP contribution in [-0.4, -0.2) is 39.6 Å². The number of amides is 1. The maximum Gasteiger partial charge on any atom is 0.293 e. The van der Waals surface area contributed by atoms with Gasteiger partial charge in [0, 0.05) is 13.6 Å². The highest BCUT2D eigenvalue weighted by Gasteiger charge is 2.15. The van der Waals surface area contributed by atoms with Gasteiger partial charge in [-0.05, 0) is 13.3 Å². The highest BCUT2D eigenvalue weighted by Crippen LogP contribution is 2.01. The summed E-state index contributed by atoms with van der Waals surface area (Å²) in [6, 6.07) is 0. The van der Waals surface area contributed by atoms with Crippen LogP contribution in [0, 0.1) is 6.92 Å². The number of carbonyl (C=O) groups excluding carboxylic acids is 1. The van der Waals surface area contributed by atoms with Gasteiger partial charge in [0.15, 0.2) is 0 Å². The number of aryl methyl sites for hydroxylation is 1. The first-order valence-corrected chi connectivity index (χ1v) is 5.29. The van der Waals surface area contributed by atoms with Crippen molar-refractivity contribution in [3.8, 4) is 0 Å². The van der Waals surface area contributed by atoms with Crippen molar-refractivity contribution < 1.29 is 4.79 Å². The van der Waals surface area contributed by atoms with E-state index in [0.29, 0.717) is 5.82 Å². The summed E-state index contributed by atoms with van der Waals surface area (Å²) in [7, 11) is 1.78. The molecule has 0 aliphatic rings. The summed E-state index contributed by atoms with van der Waals surface area (Å²) in [6.07, 6.45) is 3.33. The van der Waals surface area contributed by atoms with Gasteiger partial charge in [-0.3, -0.25) is 9.89 Å². The van der Waals surface area contributed by atoms with Gasteiger partial charge in [0.1, 0.15) is 5.82 Å². The van der Waals surface area contributed by atoms with Crippen molar-refractivity contribution in [2.24, 2.45) is 0 Å². The molecule has 0 radical (unpaired) electrons. The van der Waals surface area contributed by atoms with Crippen LogP contribution in [0.4, 0.5) is 0 Å². The zero-order valence-electron chi connectivity index (χ0n) is 9.58. The van der Waals surface area contributed by atoms with Crippen molar-refractivity contribution in [1.29, 1.82) is 0 Å². The van der Waals surface area contributed by atoms with Gasteiger partial charge in [0.05, 0.1) is 0 Å². The van der Waals surface area contributed by atoms with E-state index in [1.807, 2.05) is 0 Å². The van der Waals surface area contributed by atoms with Crippen molar-refractivity contribution in [3.63, 3.8) is 0 Å². The monoisotopic (exact) mass is 210 g/mol. The standard InChI is InChI=1S/C10H18N4O/c1-4-5-6-7-14(3)10(15)9-11-8(2)12-13-9/h4-7H2,1-3H3,(H,11,12,13).